The minimum Gasteiger partial charge on any atom is -0.381 e. The molecular formula is C19H32IN3O. The van der Waals surface area contributed by atoms with Gasteiger partial charge in [-0.1, -0.05) is 36.8 Å². The van der Waals surface area contributed by atoms with E-state index in [1.807, 2.05) is 7.05 Å². The fraction of sp³-hybridized carbons (Fsp3) is 0.632. The fourth-order valence-electron chi connectivity index (χ4n) is 2.48. The molecule has 5 heteroatoms. The van der Waals surface area contributed by atoms with Crippen LogP contribution in [0.5, 0.6) is 0 Å². The fourth-order valence-corrected chi connectivity index (χ4v) is 2.48. The van der Waals surface area contributed by atoms with Crippen LogP contribution in [0.2, 0.25) is 0 Å². The number of hydrogen-bond donors (Lipinski definition) is 2. The third-order valence-electron chi connectivity index (χ3n) is 4.22. The van der Waals surface area contributed by atoms with E-state index in [2.05, 4.69) is 53.7 Å². The number of halogens is 1. The van der Waals surface area contributed by atoms with Crippen LogP contribution in [0.15, 0.2) is 29.3 Å². The first kappa shape index (κ1) is 21.2. The maximum atomic E-state index is 5.64. The van der Waals surface area contributed by atoms with Crippen molar-refractivity contribution in [2.45, 2.75) is 39.0 Å². The van der Waals surface area contributed by atoms with Crippen molar-refractivity contribution in [2.24, 2.45) is 10.9 Å². The number of aryl methyl sites for hydroxylation is 1. The molecule has 4 nitrogen and oxygen atoms in total. The van der Waals surface area contributed by atoms with Gasteiger partial charge in [0.2, 0.25) is 0 Å². The third kappa shape index (κ3) is 8.33. The molecule has 136 valence electrons. The molecule has 1 saturated carbocycles. The van der Waals surface area contributed by atoms with Crippen LogP contribution in [0.3, 0.4) is 0 Å². The van der Waals surface area contributed by atoms with Gasteiger partial charge in [0.05, 0.1) is 0 Å². The summed E-state index contributed by atoms with van der Waals surface area (Å²) in [6.07, 6.45) is 3.72. The Labute approximate surface area is 163 Å². The summed E-state index contributed by atoms with van der Waals surface area (Å²) in [5.74, 6) is 2.17. The lowest BCUT2D eigenvalue weighted by Gasteiger charge is -2.17. The average molecular weight is 445 g/mol. The van der Waals surface area contributed by atoms with Crippen molar-refractivity contribution < 1.29 is 4.74 Å². The number of benzene rings is 1. The summed E-state index contributed by atoms with van der Waals surface area (Å²) in [5.41, 5.74) is 2.67. The van der Waals surface area contributed by atoms with Crippen molar-refractivity contribution in [2.75, 3.05) is 33.4 Å². The van der Waals surface area contributed by atoms with Gasteiger partial charge in [-0.15, -0.1) is 24.0 Å². The van der Waals surface area contributed by atoms with Gasteiger partial charge in [0.25, 0.3) is 0 Å². The van der Waals surface area contributed by atoms with Gasteiger partial charge in [-0.3, -0.25) is 4.99 Å². The zero-order valence-corrected chi connectivity index (χ0v) is 17.5. The number of aliphatic imine (C=N–C) groups is 1. The van der Waals surface area contributed by atoms with Gasteiger partial charge in [-0.2, -0.15) is 0 Å². The maximum absolute atomic E-state index is 5.64. The normalized spacial score (nSPS) is 15.5. The summed E-state index contributed by atoms with van der Waals surface area (Å²) in [6.45, 7) is 7.92. The molecular weight excluding hydrogens is 413 g/mol. The van der Waals surface area contributed by atoms with Crippen LogP contribution in [0.25, 0.3) is 0 Å². The molecule has 2 N–H and O–H groups in total. The maximum Gasteiger partial charge on any atom is 0.190 e. The monoisotopic (exact) mass is 445 g/mol. The van der Waals surface area contributed by atoms with Crippen LogP contribution >= 0.6 is 24.0 Å². The van der Waals surface area contributed by atoms with Crippen LogP contribution in [-0.2, 0) is 4.74 Å². The molecule has 0 radical (unpaired) electrons. The molecule has 2 rings (SSSR count). The Morgan fingerprint density at radius 3 is 2.79 bits per heavy atom. The molecule has 1 unspecified atom stereocenters. The zero-order chi connectivity index (χ0) is 16.5. The second-order valence-corrected chi connectivity index (χ2v) is 6.57. The summed E-state index contributed by atoms with van der Waals surface area (Å²) >= 11 is 0. The summed E-state index contributed by atoms with van der Waals surface area (Å²) < 4.78 is 5.64. The first-order valence-electron chi connectivity index (χ1n) is 8.78. The topological polar surface area (TPSA) is 45.7 Å². The van der Waals surface area contributed by atoms with Crippen LogP contribution in [-0.4, -0.2) is 39.3 Å². The number of nitrogens with zero attached hydrogens (tertiary/aromatic N) is 1. The van der Waals surface area contributed by atoms with Gasteiger partial charge in [-0.25, -0.2) is 0 Å². The molecule has 0 aliphatic heterocycles. The molecule has 0 bridgehead atoms. The molecule has 1 aliphatic rings. The van der Waals surface area contributed by atoms with Crippen molar-refractivity contribution in [1.29, 1.82) is 0 Å². The third-order valence-corrected chi connectivity index (χ3v) is 4.22. The molecule has 0 saturated heterocycles. The molecule has 1 aromatic carbocycles. The van der Waals surface area contributed by atoms with Gasteiger partial charge < -0.3 is 15.4 Å². The lowest BCUT2D eigenvalue weighted by Crippen LogP contribution is -2.39. The summed E-state index contributed by atoms with van der Waals surface area (Å²) in [5, 5.41) is 6.75. The van der Waals surface area contributed by atoms with Crippen molar-refractivity contribution >= 4 is 29.9 Å². The quantitative estimate of drug-likeness (QED) is 0.264. The zero-order valence-electron chi connectivity index (χ0n) is 15.2. The number of rotatable bonds is 9. The van der Waals surface area contributed by atoms with Crippen LogP contribution in [0.1, 0.15) is 43.2 Å². The van der Waals surface area contributed by atoms with E-state index >= 15 is 0 Å². The second kappa shape index (κ2) is 11.7. The number of guanidine groups is 1. The van der Waals surface area contributed by atoms with Crippen LogP contribution in [0, 0.1) is 12.8 Å². The molecule has 24 heavy (non-hydrogen) atoms. The Hall–Kier alpha value is -0.820. The predicted molar refractivity (Wildman–Crippen MR) is 113 cm³/mol. The van der Waals surface area contributed by atoms with E-state index in [4.69, 9.17) is 4.74 Å². The van der Waals surface area contributed by atoms with E-state index in [-0.39, 0.29) is 24.0 Å². The highest BCUT2D eigenvalue weighted by Crippen LogP contribution is 2.28. The van der Waals surface area contributed by atoms with Crippen molar-refractivity contribution in [1.82, 2.24) is 10.6 Å². The Morgan fingerprint density at radius 2 is 2.12 bits per heavy atom. The van der Waals surface area contributed by atoms with Gasteiger partial charge in [0.1, 0.15) is 0 Å². The van der Waals surface area contributed by atoms with Gasteiger partial charge in [0, 0.05) is 33.4 Å². The first-order valence-corrected chi connectivity index (χ1v) is 8.78. The minimum absolute atomic E-state index is 0. The molecule has 0 aromatic heterocycles. The predicted octanol–water partition coefficient (Wildman–Crippen LogP) is 3.70. The van der Waals surface area contributed by atoms with Gasteiger partial charge >= 0.3 is 0 Å². The van der Waals surface area contributed by atoms with Crippen LogP contribution < -0.4 is 10.6 Å². The van der Waals surface area contributed by atoms with Gasteiger partial charge in [0.15, 0.2) is 5.96 Å². The highest BCUT2D eigenvalue weighted by Gasteiger charge is 2.20. The van der Waals surface area contributed by atoms with E-state index in [0.717, 1.165) is 44.6 Å². The molecule has 1 aliphatic carbocycles. The number of nitrogens with one attached hydrogen (secondary N) is 2. The minimum atomic E-state index is 0. The number of ether oxygens (including phenoxy) is 1. The summed E-state index contributed by atoms with van der Waals surface area (Å²) in [4.78, 5) is 4.28. The smallest absolute Gasteiger partial charge is 0.190 e. The van der Waals surface area contributed by atoms with E-state index in [1.54, 1.807) is 0 Å². The summed E-state index contributed by atoms with van der Waals surface area (Å²) in [6, 6.07) is 8.69. The molecule has 1 atom stereocenters. The Bertz CT molecular complexity index is 503. The molecule has 0 heterocycles. The lowest BCUT2D eigenvalue weighted by molar-refractivity contribution is 0.123. The van der Waals surface area contributed by atoms with Crippen molar-refractivity contribution in [3.63, 3.8) is 0 Å². The Morgan fingerprint density at radius 1 is 1.33 bits per heavy atom. The van der Waals surface area contributed by atoms with Crippen molar-refractivity contribution in [3.8, 4) is 0 Å². The first-order chi connectivity index (χ1) is 11.2. The second-order valence-electron chi connectivity index (χ2n) is 6.57. The van der Waals surface area contributed by atoms with E-state index < -0.39 is 0 Å². The SMILES string of the molecule is CN=C(NCCCOCC1CC1)NCC(C)c1cccc(C)c1.I. The number of hydrogen-bond acceptors (Lipinski definition) is 2. The molecule has 1 fully saturated rings. The largest absolute Gasteiger partial charge is 0.381 e. The Kier molecular flexibility index (Phi) is 10.3. The van der Waals surface area contributed by atoms with E-state index in [0.29, 0.717) is 5.92 Å². The molecule has 0 spiro atoms. The lowest BCUT2D eigenvalue weighted by atomic mass is 9.99. The van der Waals surface area contributed by atoms with Gasteiger partial charge in [-0.05, 0) is 43.6 Å². The highest BCUT2D eigenvalue weighted by molar-refractivity contribution is 14.0. The standard InChI is InChI=1S/C19H31N3O.HI/c1-15-6-4-7-18(12-15)16(2)13-22-19(20-3)21-10-5-11-23-14-17-8-9-17;/h4,6-7,12,16-17H,5,8-11,13-14H2,1-3H3,(H2,20,21,22);1H. The van der Waals surface area contributed by atoms with Crippen LogP contribution in [0.4, 0.5) is 0 Å². The molecule has 0 amide bonds. The molecule has 1 aromatic rings. The average Bonchev–Trinajstić information content (AvgIpc) is 3.37. The van der Waals surface area contributed by atoms with E-state index in [1.165, 1.54) is 24.0 Å². The summed E-state index contributed by atoms with van der Waals surface area (Å²) in [7, 11) is 1.82. The Balaban J connectivity index is 0.00000288. The van der Waals surface area contributed by atoms with E-state index in [9.17, 15) is 0 Å². The highest BCUT2D eigenvalue weighted by atomic mass is 127. The van der Waals surface area contributed by atoms with Crippen molar-refractivity contribution in [3.05, 3.63) is 35.4 Å².